The quantitative estimate of drug-likeness (QED) is 0.430. The maximum atomic E-state index is 9.51. The largest absolute Gasteiger partial charge is 0.411 e. The minimum absolute atomic E-state index is 0.0503. The number of hydrogen-bond donors (Lipinski definition) is 1. The highest BCUT2D eigenvalue weighted by Crippen LogP contribution is 2.48. The van der Waals surface area contributed by atoms with Crippen molar-refractivity contribution in [3.8, 4) is 0 Å². The van der Waals surface area contributed by atoms with Crippen LogP contribution in [0.5, 0.6) is 0 Å². The molecule has 1 N–H and O–H groups in total. The van der Waals surface area contributed by atoms with Crippen molar-refractivity contribution in [2.45, 2.75) is 102 Å². The van der Waals surface area contributed by atoms with Crippen molar-refractivity contribution >= 4 is 8.32 Å². The molecule has 180 valence electrons. The van der Waals surface area contributed by atoms with E-state index in [9.17, 15) is 5.11 Å². The van der Waals surface area contributed by atoms with Gasteiger partial charge in [-0.25, -0.2) is 0 Å². The fraction of sp³-hybridized carbons (Fsp3) is 0.692. The number of aliphatic hydroxyl groups is 1. The molecule has 2 aliphatic rings. The van der Waals surface area contributed by atoms with Gasteiger partial charge in [-0.2, -0.15) is 0 Å². The third kappa shape index (κ3) is 5.37. The molecule has 0 aromatic heterocycles. The molecular formula is C26H42O5Si. The van der Waals surface area contributed by atoms with E-state index in [1.165, 1.54) is 0 Å². The van der Waals surface area contributed by atoms with E-state index in [1.54, 1.807) is 0 Å². The maximum absolute atomic E-state index is 9.51. The highest BCUT2D eigenvalue weighted by Gasteiger charge is 2.57. The van der Waals surface area contributed by atoms with Gasteiger partial charge in [0, 0.05) is 12.0 Å². The van der Waals surface area contributed by atoms with Crippen LogP contribution >= 0.6 is 0 Å². The van der Waals surface area contributed by atoms with Gasteiger partial charge >= 0.3 is 0 Å². The van der Waals surface area contributed by atoms with Gasteiger partial charge in [-0.15, -0.1) is 0 Å². The van der Waals surface area contributed by atoms with E-state index in [0.29, 0.717) is 13.0 Å². The summed E-state index contributed by atoms with van der Waals surface area (Å²) in [5.74, 6) is 0. The Kier molecular flexibility index (Phi) is 7.45. The Morgan fingerprint density at radius 2 is 1.88 bits per heavy atom. The van der Waals surface area contributed by atoms with E-state index in [0.717, 1.165) is 17.6 Å². The second kappa shape index (κ2) is 9.32. The Hall–Kier alpha value is -1.02. The Morgan fingerprint density at radius 3 is 2.47 bits per heavy atom. The molecule has 2 heterocycles. The molecule has 1 aromatic rings. The number of ether oxygens (including phenoxy) is 3. The molecule has 0 saturated carbocycles. The average molecular weight is 463 g/mol. The first-order chi connectivity index (χ1) is 14.8. The van der Waals surface area contributed by atoms with Crippen LogP contribution in [0.25, 0.3) is 0 Å². The molecule has 5 nitrogen and oxygen atoms in total. The van der Waals surface area contributed by atoms with Crippen LogP contribution in [0.4, 0.5) is 0 Å². The first-order valence-electron chi connectivity index (χ1n) is 11.8. The Balaban J connectivity index is 1.89. The lowest BCUT2D eigenvalue weighted by Gasteiger charge is -2.57. The smallest absolute Gasteiger partial charge is 0.192 e. The lowest BCUT2D eigenvalue weighted by molar-refractivity contribution is -0.354. The van der Waals surface area contributed by atoms with Gasteiger partial charge in [0.25, 0.3) is 0 Å². The molecule has 3 rings (SSSR count). The van der Waals surface area contributed by atoms with Crippen LogP contribution in [0.1, 0.15) is 66.2 Å². The normalized spacial score (nSPS) is 34.3. The zero-order valence-electron chi connectivity index (χ0n) is 21.1. The first-order valence-corrected chi connectivity index (χ1v) is 14.7. The van der Waals surface area contributed by atoms with Crippen LogP contribution in [0, 0.1) is 0 Å². The SMILES string of the molecule is C/C(=C\C[C@]1(C)O[C@]2(C)CO[C@@H](c3ccccc3)O[C@H]2C[C@H]1O[Si](C)(C)C(C)(C)C)CO. The van der Waals surface area contributed by atoms with Crippen molar-refractivity contribution in [3.05, 3.63) is 47.5 Å². The van der Waals surface area contributed by atoms with Crippen LogP contribution in [-0.4, -0.2) is 50.0 Å². The van der Waals surface area contributed by atoms with Crippen molar-refractivity contribution in [1.29, 1.82) is 0 Å². The van der Waals surface area contributed by atoms with Gasteiger partial charge in [-0.1, -0.05) is 62.8 Å². The number of rotatable bonds is 6. The predicted octanol–water partition coefficient (Wildman–Crippen LogP) is 5.76. The van der Waals surface area contributed by atoms with Gasteiger partial charge in [-0.3, -0.25) is 0 Å². The molecule has 5 atom stereocenters. The number of benzene rings is 1. The van der Waals surface area contributed by atoms with Crippen LogP contribution in [-0.2, 0) is 18.6 Å². The molecule has 0 spiro atoms. The zero-order valence-corrected chi connectivity index (χ0v) is 22.1. The summed E-state index contributed by atoms with van der Waals surface area (Å²) < 4.78 is 26.4. The average Bonchev–Trinajstić information content (AvgIpc) is 2.72. The third-order valence-corrected chi connectivity index (χ3v) is 12.0. The lowest BCUT2D eigenvalue weighted by Crippen LogP contribution is -2.66. The molecule has 0 amide bonds. The van der Waals surface area contributed by atoms with Gasteiger partial charge in [0.2, 0.25) is 0 Å². The summed E-state index contributed by atoms with van der Waals surface area (Å²) in [4.78, 5) is 0. The van der Waals surface area contributed by atoms with Crippen molar-refractivity contribution in [3.63, 3.8) is 0 Å². The summed E-state index contributed by atoms with van der Waals surface area (Å²) in [7, 11) is -2.04. The second-order valence-corrected chi connectivity index (χ2v) is 16.2. The number of hydrogen-bond acceptors (Lipinski definition) is 5. The number of aliphatic hydroxyl groups excluding tert-OH is 1. The molecule has 0 bridgehead atoms. The van der Waals surface area contributed by atoms with Crippen LogP contribution in [0.15, 0.2) is 42.0 Å². The fourth-order valence-corrected chi connectivity index (χ4v) is 5.62. The molecule has 2 aliphatic heterocycles. The summed E-state index contributed by atoms with van der Waals surface area (Å²) in [6, 6.07) is 10.1. The van der Waals surface area contributed by atoms with Crippen LogP contribution in [0.3, 0.4) is 0 Å². The maximum Gasteiger partial charge on any atom is 0.192 e. The van der Waals surface area contributed by atoms with E-state index >= 15 is 0 Å². The monoisotopic (exact) mass is 462 g/mol. The lowest BCUT2D eigenvalue weighted by atomic mass is 9.80. The van der Waals surface area contributed by atoms with Gasteiger partial charge in [-0.05, 0) is 45.3 Å². The molecule has 2 fully saturated rings. The molecule has 0 aliphatic carbocycles. The van der Waals surface area contributed by atoms with E-state index in [4.69, 9.17) is 18.6 Å². The summed E-state index contributed by atoms with van der Waals surface area (Å²) in [6.45, 7) is 18.0. The Morgan fingerprint density at radius 1 is 1.22 bits per heavy atom. The van der Waals surface area contributed by atoms with Crippen molar-refractivity contribution in [1.82, 2.24) is 0 Å². The standard InChI is InChI=1S/C26H42O5Si/c1-19(17-27)14-15-25(5)22(30-32(7,8)24(2,3)4)16-21-26(6,31-25)18-28-23(29-21)20-12-10-9-11-13-20/h9-14,21-23,27H,15-18H2,1-8H3/b19-14+/t21-,22+,23+,25-,26+/m0/s1. The van der Waals surface area contributed by atoms with E-state index in [1.807, 2.05) is 37.3 Å². The van der Waals surface area contributed by atoms with Gasteiger partial charge in [0.1, 0.15) is 5.60 Å². The van der Waals surface area contributed by atoms with E-state index in [-0.39, 0.29) is 23.9 Å². The predicted molar refractivity (Wildman–Crippen MR) is 130 cm³/mol. The van der Waals surface area contributed by atoms with Gasteiger partial charge in [0.05, 0.1) is 31.0 Å². The summed E-state index contributed by atoms with van der Waals surface area (Å²) in [6.07, 6.45) is 2.85. The van der Waals surface area contributed by atoms with Crippen LogP contribution < -0.4 is 0 Å². The summed E-state index contributed by atoms with van der Waals surface area (Å²) in [5.41, 5.74) is 0.859. The highest BCUT2D eigenvalue weighted by molar-refractivity contribution is 6.74. The zero-order chi connectivity index (χ0) is 23.8. The summed E-state index contributed by atoms with van der Waals surface area (Å²) in [5, 5.41) is 9.60. The molecule has 32 heavy (non-hydrogen) atoms. The minimum atomic E-state index is -2.04. The van der Waals surface area contributed by atoms with Crippen molar-refractivity contribution < 1.29 is 23.7 Å². The fourth-order valence-electron chi connectivity index (χ4n) is 4.21. The Labute approximate surface area is 195 Å². The topological polar surface area (TPSA) is 57.2 Å². The summed E-state index contributed by atoms with van der Waals surface area (Å²) >= 11 is 0. The highest BCUT2D eigenvalue weighted by atomic mass is 28.4. The molecule has 1 aromatic carbocycles. The molecular weight excluding hydrogens is 420 g/mol. The van der Waals surface area contributed by atoms with E-state index in [2.05, 4.69) is 53.8 Å². The van der Waals surface area contributed by atoms with Crippen LogP contribution in [0.2, 0.25) is 18.1 Å². The molecule has 0 unspecified atom stereocenters. The number of fused-ring (bicyclic) bond motifs is 1. The van der Waals surface area contributed by atoms with Crippen molar-refractivity contribution in [2.75, 3.05) is 13.2 Å². The van der Waals surface area contributed by atoms with Crippen molar-refractivity contribution in [2.24, 2.45) is 0 Å². The Bertz CT molecular complexity index is 802. The molecule has 2 saturated heterocycles. The van der Waals surface area contributed by atoms with Gasteiger partial charge < -0.3 is 23.7 Å². The van der Waals surface area contributed by atoms with Gasteiger partial charge in [0.15, 0.2) is 14.6 Å². The first kappa shape index (κ1) is 25.6. The minimum Gasteiger partial charge on any atom is -0.411 e. The molecule has 6 heteroatoms. The second-order valence-electron chi connectivity index (χ2n) is 11.4. The third-order valence-electron chi connectivity index (χ3n) is 7.49. The molecule has 0 radical (unpaired) electrons. The van der Waals surface area contributed by atoms with E-state index < -0.39 is 25.8 Å².